The Morgan fingerprint density at radius 1 is 1.30 bits per heavy atom. The van der Waals surface area contributed by atoms with E-state index in [0.717, 1.165) is 5.56 Å². The molecule has 1 amide bonds. The molecule has 0 saturated heterocycles. The minimum Gasteiger partial charge on any atom is -0.483 e. The van der Waals surface area contributed by atoms with Crippen LogP contribution in [-0.2, 0) is 6.61 Å². The molecule has 0 aliphatic rings. The van der Waals surface area contributed by atoms with Gasteiger partial charge in [0, 0.05) is 12.3 Å². The Labute approximate surface area is 135 Å². The summed E-state index contributed by atoms with van der Waals surface area (Å²) in [6.07, 6.45) is 1.38. The van der Waals surface area contributed by atoms with Crippen molar-refractivity contribution < 1.29 is 9.53 Å². The first kappa shape index (κ1) is 14.9. The smallest absolute Gasteiger partial charge is 0.274 e. The number of benzene rings is 1. The molecule has 7 nitrogen and oxygen atoms in total. The first-order valence-corrected chi connectivity index (χ1v) is 7.57. The van der Waals surface area contributed by atoms with E-state index in [2.05, 4.69) is 20.5 Å². The fourth-order valence-corrected chi connectivity index (χ4v) is 2.27. The largest absolute Gasteiger partial charge is 0.483 e. The van der Waals surface area contributed by atoms with Crippen molar-refractivity contribution in [1.29, 1.82) is 0 Å². The maximum atomic E-state index is 12.0. The Hall–Kier alpha value is -3.00. The van der Waals surface area contributed by atoms with Gasteiger partial charge in [0.1, 0.15) is 17.8 Å². The second-order valence-corrected chi connectivity index (χ2v) is 5.38. The normalized spacial score (nSPS) is 10.3. The Morgan fingerprint density at radius 2 is 2.13 bits per heavy atom. The number of hydrogen-bond donors (Lipinski definition) is 2. The number of hydrogen-bond acceptors (Lipinski definition) is 6. The minimum atomic E-state index is -0.464. The van der Waals surface area contributed by atoms with E-state index in [1.165, 1.54) is 29.1 Å². The molecular weight excluding hydrogens is 316 g/mol. The molecule has 0 atom stereocenters. The molecule has 3 rings (SSSR count). The number of carbonyl (C=O) groups excluding carboxylic acids is 1. The third-order valence-electron chi connectivity index (χ3n) is 2.94. The number of anilines is 1. The van der Waals surface area contributed by atoms with Gasteiger partial charge in [-0.3, -0.25) is 14.9 Å². The number of nitrogens with one attached hydrogen (secondary N) is 2. The Bertz CT molecular complexity index is 847. The number of carbonyl (C=O) groups is 1. The lowest BCUT2D eigenvalue weighted by Gasteiger charge is -2.06. The Balaban J connectivity index is 1.68. The molecule has 0 saturated carbocycles. The highest BCUT2D eigenvalue weighted by atomic mass is 32.1. The molecule has 0 radical (unpaired) electrons. The number of aromatic amines is 1. The Kier molecular flexibility index (Phi) is 4.44. The molecule has 0 fully saturated rings. The van der Waals surface area contributed by atoms with Crippen molar-refractivity contribution in [3.63, 3.8) is 0 Å². The molecule has 8 heteroatoms. The fourth-order valence-electron chi connectivity index (χ4n) is 1.83. The molecule has 0 aliphatic carbocycles. The average Bonchev–Trinajstić information content (AvgIpc) is 3.07. The number of amides is 1. The van der Waals surface area contributed by atoms with Crippen LogP contribution in [0, 0.1) is 0 Å². The van der Waals surface area contributed by atoms with Crippen LogP contribution in [0.15, 0.2) is 52.9 Å². The number of aromatic nitrogens is 3. The number of rotatable bonds is 5. The lowest BCUT2D eigenvalue weighted by molar-refractivity contribution is 0.102. The van der Waals surface area contributed by atoms with Crippen LogP contribution in [-0.4, -0.2) is 21.1 Å². The van der Waals surface area contributed by atoms with Crippen molar-refractivity contribution in [2.75, 3.05) is 5.32 Å². The van der Waals surface area contributed by atoms with Gasteiger partial charge in [-0.1, -0.05) is 41.7 Å². The molecule has 0 unspecified atom stereocenters. The molecule has 2 aromatic heterocycles. The number of ether oxygens (including phenoxy) is 1. The van der Waals surface area contributed by atoms with Crippen molar-refractivity contribution in [2.24, 2.45) is 0 Å². The van der Waals surface area contributed by atoms with Gasteiger partial charge in [-0.05, 0) is 5.56 Å². The monoisotopic (exact) mass is 328 g/mol. The highest BCUT2D eigenvalue weighted by Crippen LogP contribution is 2.11. The second-order valence-electron chi connectivity index (χ2n) is 4.55. The summed E-state index contributed by atoms with van der Waals surface area (Å²) in [5, 5.41) is 10.2. The summed E-state index contributed by atoms with van der Waals surface area (Å²) in [6.45, 7) is 0.278. The van der Waals surface area contributed by atoms with E-state index in [-0.39, 0.29) is 23.5 Å². The van der Waals surface area contributed by atoms with Crippen LogP contribution >= 0.6 is 11.3 Å². The van der Waals surface area contributed by atoms with Gasteiger partial charge in [-0.25, -0.2) is 0 Å². The summed E-state index contributed by atoms with van der Waals surface area (Å²) >= 11 is 1.19. The van der Waals surface area contributed by atoms with Crippen LogP contribution in [0.25, 0.3) is 0 Å². The fraction of sp³-hybridized carbons (Fsp3) is 0.0667. The van der Waals surface area contributed by atoms with Gasteiger partial charge in [-0.2, -0.15) is 0 Å². The molecule has 0 bridgehead atoms. The van der Waals surface area contributed by atoms with Crippen LogP contribution in [0.1, 0.15) is 16.1 Å². The molecule has 2 N–H and O–H groups in total. The highest BCUT2D eigenvalue weighted by Gasteiger charge is 2.11. The average molecular weight is 328 g/mol. The predicted octanol–water partition coefficient (Wildman–Crippen LogP) is 2.06. The molecule has 116 valence electrons. The van der Waals surface area contributed by atoms with Gasteiger partial charge in [0.2, 0.25) is 10.6 Å². The zero-order chi connectivity index (χ0) is 16.1. The lowest BCUT2D eigenvalue weighted by atomic mass is 10.2. The Morgan fingerprint density at radius 3 is 2.83 bits per heavy atom. The first-order valence-electron chi connectivity index (χ1n) is 6.69. The van der Waals surface area contributed by atoms with E-state index in [1.54, 1.807) is 0 Å². The minimum absolute atomic E-state index is 0.122. The number of pyridine rings is 1. The van der Waals surface area contributed by atoms with E-state index < -0.39 is 5.91 Å². The summed E-state index contributed by atoms with van der Waals surface area (Å²) in [4.78, 5) is 26.7. The van der Waals surface area contributed by atoms with Crippen molar-refractivity contribution >= 4 is 22.4 Å². The molecule has 0 spiro atoms. The van der Waals surface area contributed by atoms with Crippen molar-refractivity contribution in [3.05, 3.63) is 69.6 Å². The van der Waals surface area contributed by atoms with Gasteiger partial charge in [0.25, 0.3) is 5.91 Å². The van der Waals surface area contributed by atoms with Gasteiger partial charge in [0.05, 0.1) is 0 Å². The predicted molar refractivity (Wildman–Crippen MR) is 85.7 cm³/mol. The van der Waals surface area contributed by atoms with Crippen LogP contribution in [0.4, 0.5) is 5.13 Å². The standard InChI is InChI=1S/C15H12N4O3S/c20-12-6-11(14(21)18-15-19-17-9-23-15)16-7-13(12)22-8-10-4-2-1-3-5-10/h1-7,9H,8H2,(H,16,20)(H,18,19,21). The highest BCUT2D eigenvalue weighted by molar-refractivity contribution is 7.13. The van der Waals surface area contributed by atoms with Crippen LogP contribution in [0.2, 0.25) is 0 Å². The molecule has 23 heavy (non-hydrogen) atoms. The summed E-state index contributed by atoms with van der Waals surface area (Å²) < 4.78 is 5.47. The zero-order valence-electron chi connectivity index (χ0n) is 11.9. The molecule has 3 aromatic rings. The van der Waals surface area contributed by atoms with E-state index in [0.29, 0.717) is 5.13 Å². The van der Waals surface area contributed by atoms with Gasteiger partial charge >= 0.3 is 0 Å². The summed E-state index contributed by atoms with van der Waals surface area (Å²) in [7, 11) is 0. The van der Waals surface area contributed by atoms with Gasteiger partial charge in [-0.15, -0.1) is 10.2 Å². The van der Waals surface area contributed by atoms with Crippen LogP contribution < -0.4 is 15.5 Å². The third kappa shape index (κ3) is 3.80. The zero-order valence-corrected chi connectivity index (χ0v) is 12.7. The van der Waals surface area contributed by atoms with Gasteiger partial charge < -0.3 is 9.72 Å². The topological polar surface area (TPSA) is 97.0 Å². The molecule has 2 heterocycles. The van der Waals surface area contributed by atoms with Crippen molar-refractivity contribution in [3.8, 4) is 5.75 Å². The maximum Gasteiger partial charge on any atom is 0.274 e. The third-order valence-corrected chi connectivity index (χ3v) is 3.55. The van der Waals surface area contributed by atoms with Crippen molar-refractivity contribution in [2.45, 2.75) is 6.61 Å². The van der Waals surface area contributed by atoms with Crippen LogP contribution in [0.3, 0.4) is 0 Å². The summed E-state index contributed by atoms with van der Waals surface area (Å²) in [6, 6.07) is 10.7. The quantitative estimate of drug-likeness (QED) is 0.747. The first-order chi connectivity index (χ1) is 11.2. The number of H-pyrrole nitrogens is 1. The van der Waals surface area contributed by atoms with E-state index in [4.69, 9.17) is 4.74 Å². The van der Waals surface area contributed by atoms with Gasteiger partial charge in [0.15, 0.2) is 5.75 Å². The molecule has 1 aromatic carbocycles. The van der Waals surface area contributed by atoms with E-state index in [9.17, 15) is 9.59 Å². The van der Waals surface area contributed by atoms with E-state index >= 15 is 0 Å². The molecular formula is C15H12N4O3S. The summed E-state index contributed by atoms with van der Waals surface area (Å²) in [5.41, 5.74) is 2.20. The number of nitrogens with zero attached hydrogens (tertiary/aromatic N) is 2. The summed E-state index contributed by atoms with van der Waals surface area (Å²) in [5.74, 6) is -0.310. The molecule has 0 aliphatic heterocycles. The van der Waals surface area contributed by atoms with Crippen LogP contribution in [0.5, 0.6) is 5.75 Å². The van der Waals surface area contributed by atoms with E-state index in [1.807, 2.05) is 30.3 Å². The SMILES string of the molecule is O=C(Nc1nncs1)c1cc(=O)c(OCc2ccccc2)c[nH]1. The lowest BCUT2D eigenvalue weighted by Crippen LogP contribution is -2.17. The van der Waals surface area contributed by atoms with Crippen molar-refractivity contribution in [1.82, 2.24) is 15.2 Å². The maximum absolute atomic E-state index is 12.0. The second kappa shape index (κ2) is 6.84.